The number of hydrogen-bond acceptors (Lipinski definition) is 100. The molecule has 0 aliphatic rings. The van der Waals surface area contributed by atoms with E-state index in [-0.39, 0.29) is 270 Å². The first-order chi connectivity index (χ1) is 50.0. The van der Waals surface area contributed by atoms with Gasteiger partial charge < -0.3 is 481 Å². The van der Waals surface area contributed by atoms with Crippen LogP contribution in [-0.4, -0.2) is 17.4 Å². The summed E-state index contributed by atoms with van der Waals surface area (Å²) in [5.41, 5.74) is 0. The minimum Gasteiger partial charge on any atom is -0.822 e. The van der Waals surface area contributed by atoms with Crippen LogP contribution in [0.2, 0.25) is 0 Å². The van der Waals surface area contributed by atoms with Crippen LogP contribution in [-0.2, 0) is 367 Å². The molecule has 0 saturated carbocycles. The molecule has 0 saturated heterocycles. The van der Waals surface area contributed by atoms with Crippen molar-refractivity contribution in [2.45, 2.75) is 0 Å². The third-order valence-corrected chi connectivity index (χ3v) is 0. The average molecular weight is 4610 g/mol. The Kier molecular flexibility index (Phi) is 238. The van der Waals surface area contributed by atoms with Crippen molar-refractivity contribution in [3.63, 3.8) is 0 Å². The fourth-order valence-electron chi connectivity index (χ4n) is 0. The third-order valence-electron chi connectivity index (χ3n) is 0. The summed E-state index contributed by atoms with van der Waals surface area (Å²) in [7, 11) is -135. The van der Waals surface area contributed by atoms with Gasteiger partial charge in [0.2, 0.25) is 0 Å². The Bertz CT molecular complexity index is 2470. The van der Waals surface area contributed by atoms with Gasteiger partial charge in [0, 0.05) is 253 Å². The Morgan fingerprint density at radius 2 is 0.0580 bits per heavy atom. The maximum Gasteiger partial charge on any atom is 3.00 e. The second kappa shape index (κ2) is 124. The minimum atomic E-state index is -5.39. The molecule has 0 aromatic rings. The molecule has 100 nitrogen and oxygen atoms in total. The van der Waals surface area contributed by atoms with Crippen LogP contribution in [0.1, 0.15) is 0 Å². The van der Waals surface area contributed by atoms with Crippen molar-refractivity contribution in [2.24, 2.45) is 0 Å². The van der Waals surface area contributed by atoms with Gasteiger partial charge in [-0.2, -0.15) is 196 Å². The maximum absolute atomic E-state index is 8.55. The third kappa shape index (κ3) is 23800. The standard InChI is InChI=1S/Al.25H3O4P.12W/c;25*1-5(2,3)4;;;;;;;;;;;;/h;25*(H3,1,2,3,4);;;;;;;;;;;;/q+3;;;;;;;;;;;;;;;;;;;;;;;;;;;;;;;;;;;;;/p-75. The molecule has 0 bridgehead atoms. The van der Waals surface area contributed by atoms with E-state index in [0.717, 1.165) is 0 Å². The fourth-order valence-corrected chi connectivity index (χ4v) is 0. The summed E-state index contributed by atoms with van der Waals surface area (Å²) in [6.45, 7) is 0. The van der Waals surface area contributed by atoms with Crippen molar-refractivity contribution >= 4 is 213 Å². The first-order valence-electron chi connectivity index (χ1n) is 18.3. The van der Waals surface area contributed by atoms with Crippen molar-refractivity contribution in [1.29, 1.82) is 0 Å². The molecule has 0 aromatic heterocycles. The summed E-state index contributed by atoms with van der Waals surface area (Å²) in [6.07, 6.45) is 0. The van der Waals surface area contributed by atoms with Gasteiger partial charge in [-0.05, 0) is 0 Å². The molecule has 0 N–H and O–H groups in total. The molecule has 0 unspecified atom stereocenters. The fraction of sp³-hybridized carbons (Fsp3) is 0. The van der Waals surface area contributed by atoms with Gasteiger partial charge in [0.05, 0.1) is 0 Å². The number of rotatable bonds is 0. The number of hydrogen-bond donors (Lipinski definition) is 0. The van der Waals surface area contributed by atoms with Crippen molar-refractivity contribution in [2.75, 3.05) is 0 Å². The van der Waals surface area contributed by atoms with Gasteiger partial charge in [0.25, 0.3) is 0 Å². The largest absolute Gasteiger partial charge is 3.00 e. The van der Waals surface area contributed by atoms with Crippen LogP contribution in [0.15, 0.2) is 0 Å². The topological polar surface area (TPSA) is 2160 Å². The summed E-state index contributed by atoms with van der Waals surface area (Å²) < 4.78 is 214. The molecule has 0 amide bonds. The van der Waals surface area contributed by atoms with Crippen molar-refractivity contribution in [1.82, 2.24) is 0 Å². The van der Waals surface area contributed by atoms with E-state index in [4.69, 9.17) is 481 Å². The first-order valence-corrected chi connectivity index (χ1v) is 54.8. The Hall–Kier alpha value is 11.5. The van der Waals surface area contributed by atoms with E-state index >= 15 is 0 Å². The molecule has 0 spiro atoms. The first kappa shape index (κ1) is 265. The summed E-state index contributed by atoms with van der Waals surface area (Å²) in [4.78, 5) is 641. The number of phosphoric acid groups is 25. The Morgan fingerprint density at radius 1 is 0.0580 bits per heavy atom. The maximum atomic E-state index is 8.55. The molecule has 0 heterocycles. The van der Waals surface area contributed by atoms with Crippen molar-refractivity contribution in [3.05, 3.63) is 0 Å². The molecule has 0 radical (unpaired) electrons. The van der Waals surface area contributed by atoms with Crippen LogP contribution in [0.25, 0.3) is 0 Å². The van der Waals surface area contributed by atoms with Gasteiger partial charge in [-0.25, -0.2) is 0 Å². The normalized spacial score (nSPS) is 10.7. The van der Waals surface area contributed by atoms with Crippen LogP contribution in [0.3, 0.4) is 0 Å². The van der Waals surface area contributed by atoms with E-state index in [9.17, 15) is 0 Å². The second-order valence-electron chi connectivity index (χ2n) is 11.2. The molecule has 0 fully saturated rings. The molecule has 138 heteroatoms. The molecule has 138 heavy (non-hydrogen) atoms. The Labute approximate surface area is 936 Å². The molecule has 0 aromatic carbocycles. The summed E-state index contributed by atoms with van der Waals surface area (Å²) in [5.74, 6) is 0. The summed E-state index contributed by atoms with van der Waals surface area (Å²) in [5, 5.41) is 0. The van der Waals surface area contributed by atoms with E-state index in [0.29, 0.717) is 0 Å². The van der Waals surface area contributed by atoms with E-state index < -0.39 is 196 Å². The van der Waals surface area contributed by atoms with Crippen molar-refractivity contribution in [3.8, 4) is 0 Å². The predicted octanol–water partition coefficient (Wildman–Crippen LogP) is -71.0. The van der Waals surface area contributed by atoms with Gasteiger partial charge in [-0.1, -0.05) is 0 Å². The van der Waals surface area contributed by atoms with Crippen molar-refractivity contribution < 1.29 is 734 Å². The molecule has 0 rings (SSSR count). The average Bonchev–Trinajstić information content (AvgIpc) is 3.03. The van der Waals surface area contributed by atoms with Gasteiger partial charge >= 0.3 is 17.4 Å². The quantitative estimate of drug-likeness (QED) is 0.160. The predicted molar refractivity (Wildman–Crippen MR) is 196 cm³/mol. The zero-order chi connectivity index (χ0) is 112. The van der Waals surface area contributed by atoms with Gasteiger partial charge in [-0.3, -0.25) is 0 Å². The summed E-state index contributed by atoms with van der Waals surface area (Å²) >= 11 is 0. The molecular weight excluding hydrogens is 4610 g/mol. The SMILES string of the molecule is O=P([O-])([O-])[O-].O=P([O-])([O-])[O-].O=P([O-])([O-])[O-].O=P([O-])([O-])[O-].O=P([O-])([O-])[O-].O=P([O-])([O-])[O-].O=P([O-])([O-])[O-].O=P([O-])([O-])[O-].O=P([O-])([O-])[O-].O=P([O-])([O-])[O-].O=P([O-])([O-])[O-].O=P([O-])([O-])[O-].O=P([O-])([O-])[O-].O=P([O-])([O-])[O-].O=P([O-])([O-])[O-].O=P([O-])([O-])[O-].O=P([O-])([O-])[O-].O=P([O-])([O-])[O-].O=P([O-])([O-])[O-].O=P([O-])([O-])[O-].O=P([O-])([O-])[O-].O=P([O-])([O-])[O-].O=P([O-])([O-])[O-].O=P([O-])([O-])[O-].O=P([O-])([O-])[O-].[Al+3].[W].[W].[W].[W].[W].[W].[W].[W].[W].[W].[W].[W]. The van der Waals surface area contributed by atoms with Gasteiger partial charge in [0.15, 0.2) is 0 Å². The zero-order valence-electron chi connectivity index (χ0n) is 57.5. The molecular formula is AlO100P25W12-72. The van der Waals surface area contributed by atoms with Crippen LogP contribution in [0.4, 0.5) is 0 Å². The van der Waals surface area contributed by atoms with Crippen LogP contribution in [0, 0.1) is 0 Å². The molecule has 0 aliphatic heterocycles. The van der Waals surface area contributed by atoms with Gasteiger partial charge in [0.1, 0.15) is 0 Å². The van der Waals surface area contributed by atoms with Crippen LogP contribution in [0.5, 0.6) is 0 Å². The van der Waals surface area contributed by atoms with E-state index in [1.54, 1.807) is 0 Å². The van der Waals surface area contributed by atoms with E-state index in [1.165, 1.54) is 0 Å². The molecule has 0 aliphatic carbocycles. The Morgan fingerprint density at radius 3 is 0.0580 bits per heavy atom. The van der Waals surface area contributed by atoms with Crippen LogP contribution < -0.4 is 367 Å². The zero-order valence-corrected chi connectivity index (χ0v) is 116. The smallest absolute Gasteiger partial charge is 0.822 e. The monoisotopic (exact) mass is 4610 g/mol. The van der Waals surface area contributed by atoms with E-state index in [2.05, 4.69) is 0 Å². The second-order valence-corrected chi connectivity index (χ2v) is 33.5. The molecule has 0 atom stereocenters. The molecule has 872 valence electrons. The van der Waals surface area contributed by atoms with E-state index in [1.807, 2.05) is 0 Å². The Balaban J connectivity index is -0.0000000209. The van der Waals surface area contributed by atoms with Crippen LogP contribution >= 0.6 is 196 Å². The minimum absolute atomic E-state index is 0. The summed E-state index contributed by atoms with van der Waals surface area (Å²) in [6, 6.07) is 0. The van der Waals surface area contributed by atoms with Gasteiger partial charge in [-0.15, -0.1) is 0 Å².